The molecule has 0 saturated heterocycles. The van der Waals surface area contributed by atoms with Crippen molar-refractivity contribution >= 4 is 5.97 Å². The molecule has 0 aliphatic heterocycles. The Hall–Kier alpha value is -1.83. The third-order valence-electron chi connectivity index (χ3n) is 2.92. The van der Waals surface area contributed by atoms with Gasteiger partial charge in [0.1, 0.15) is 0 Å². The van der Waals surface area contributed by atoms with Gasteiger partial charge in [0.25, 0.3) is 0 Å². The molecular weight excluding hydrogens is 272 g/mol. The summed E-state index contributed by atoms with van der Waals surface area (Å²) in [5, 5.41) is 8.49. The standard InChI is InChI=1S/C20H30O2/c1-2-3-4-5-6-7-8-9-10-11-12-13-14-15-16-17-18-19-20(21)22/h3-4,6-7,9-10,12-13,15-16H,2,5,8,11,14,17-19H2,1H3,(H,21,22)/b4-3-,7-6-,10-9-,13-12+,16-15-. The van der Waals surface area contributed by atoms with E-state index in [-0.39, 0.29) is 6.42 Å². The average molecular weight is 302 g/mol. The number of hydrogen-bond donors (Lipinski definition) is 1. The normalized spacial score (nSPS) is 12.8. The summed E-state index contributed by atoms with van der Waals surface area (Å²) in [4.78, 5) is 10.3. The van der Waals surface area contributed by atoms with Gasteiger partial charge in [0.05, 0.1) is 0 Å². The highest BCUT2D eigenvalue weighted by molar-refractivity contribution is 5.66. The molecule has 0 heterocycles. The molecule has 0 amide bonds. The number of carbonyl (C=O) groups is 1. The van der Waals surface area contributed by atoms with Crippen molar-refractivity contribution in [2.24, 2.45) is 0 Å². The van der Waals surface area contributed by atoms with Crippen LogP contribution in [0.4, 0.5) is 0 Å². The molecule has 0 aliphatic carbocycles. The zero-order valence-electron chi connectivity index (χ0n) is 13.8. The summed E-state index contributed by atoms with van der Waals surface area (Å²) in [6, 6.07) is 0. The highest BCUT2D eigenvalue weighted by Crippen LogP contribution is 1.99. The van der Waals surface area contributed by atoms with Crippen molar-refractivity contribution in [3.05, 3.63) is 60.8 Å². The summed E-state index contributed by atoms with van der Waals surface area (Å²) >= 11 is 0. The Labute approximate surface area is 135 Å². The first-order valence-corrected chi connectivity index (χ1v) is 8.24. The first-order chi connectivity index (χ1) is 10.8. The maximum absolute atomic E-state index is 10.3. The third-order valence-corrected chi connectivity index (χ3v) is 2.92. The molecule has 22 heavy (non-hydrogen) atoms. The minimum absolute atomic E-state index is 0.258. The molecule has 2 nitrogen and oxygen atoms in total. The van der Waals surface area contributed by atoms with Crippen LogP contribution in [0.2, 0.25) is 0 Å². The molecule has 0 bridgehead atoms. The summed E-state index contributed by atoms with van der Waals surface area (Å²) in [5.41, 5.74) is 0. The van der Waals surface area contributed by atoms with Crippen LogP contribution in [0.25, 0.3) is 0 Å². The van der Waals surface area contributed by atoms with Crippen molar-refractivity contribution in [3.63, 3.8) is 0 Å². The minimum Gasteiger partial charge on any atom is -0.481 e. The number of carboxylic acids is 1. The monoisotopic (exact) mass is 302 g/mol. The summed E-state index contributed by atoms with van der Waals surface area (Å²) in [6.45, 7) is 2.14. The Morgan fingerprint density at radius 1 is 0.727 bits per heavy atom. The van der Waals surface area contributed by atoms with Crippen molar-refractivity contribution in [3.8, 4) is 0 Å². The van der Waals surface area contributed by atoms with Crippen LogP contribution < -0.4 is 0 Å². The summed E-state index contributed by atoms with van der Waals surface area (Å²) < 4.78 is 0. The van der Waals surface area contributed by atoms with Gasteiger partial charge in [-0.25, -0.2) is 0 Å². The number of aliphatic carboxylic acids is 1. The number of rotatable bonds is 13. The van der Waals surface area contributed by atoms with Crippen LogP contribution in [0, 0.1) is 0 Å². The smallest absolute Gasteiger partial charge is 0.303 e. The molecule has 0 spiro atoms. The lowest BCUT2D eigenvalue weighted by Crippen LogP contribution is -1.92. The lowest BCUT2D eigenvalue weighted by molar-refractivity contribution is -0.137. The lowest BCUT2D eigenvalue weighted by Gasteiger charge is -1.89. The fourth-order valence-corrected chi connectivity index (χ4v) is 1.74. The van der Waals surface area contributed by atoms with Crippen molar-refractivity contribution in [2.75, 3.05) is 0 Å². The lowest BCUT2D eigenvalue weighted by atomic mass is 10.2. The van der Waals surface area contributed by atoms with Gasteiger partial charge in [-0.05, 0) is 44.9 Å². The molecule has 0 aliphatic rings. The van der Waals surface area contributed by atoms with E-state index < -0.39 is 5.97 Å². The van der Waals surface area contributed by atoms with Gasteiger partial charge in [-0.2, -0.15) is 0 Å². The van der Waals surface area contributed by atoms with E-state index in [1.807, 2.05) is 0 Å². The van der Waals surface area contributed by atoms with E-state index in [1.54, 1.807) is 0 Å². The molecule has 0 radical (unpaired) electrons. The minimum atomic E-state index is -0.715. The molecule has 0 fully saturated rings. The van der Waals surface area contributed by atoms with Gasteiger partial charge in [-0.1, -0.05) is 67.7 Å². The summed E-state index contributed by atoms with van der Waals surface area (Å²) in [6.07, 6.45) is 28.4. The molecule has 0 atom stereocenters. The molecule has 0 aromatic carbocycles. The van der Waals surface area contributed by atoms with Gasteiger partial charge in [0.2, 0.25) is 0 Å². The Bertz CT molecular complexity index is 398. The molecule has 122 valence electrons. The number of carboxylic acid groups (broad SMARTS) is 1. The number of hydrogen-bond acceptors (Lipinski definition) is 1. The van der Waals surface area contributed by atoms with Gasteiger partial charge in [0.15, 0.2) is 0 Å². The third kappa shape index (κ3) is 18.2. The van der Waals surface area contributed by atoms with Crippen LogP contribution in [0.5, 0.6) is 0 Å². The van der Waals surface area contributed by atoms with E-state index in [0.717, 1.165) is 44.9 Å². The van der Waals surface area contributed by atoms with Gasteiger partial charge in [-0.15, -0.1) is 0 Å². The van der Waals surface area contributed by atoms with Crippen molar-refractivity contribution in [1.29, 1.82) is 0 Å². The molecule has 0 rings (SSSR count). The quantitative estimate of drug-likeness (QED) is 0.335. The number of unbranched alkanes of at least 4 members (excludes halogenated alkanes) is 1. The van der Waals surface area contributed by atoms with Crippen molar-refractivity contribution in [2.45, 2.75) is 58.3 Å². The molecule has 2 heteroatoms. The van der Waals surface area contributed by atoms with Crippen LogP contribution in [0.1, 0.15) is 58.3 Å². The Morgan fingerprint density at radius 3 is 1.55 bits per heavy atom. The highest BCUT2D eigenvalue weighted by Gasteiger charge is 1.92. The van der Waals surface area contributed by atoms with E-state index in [4.69, 9.17) is 5.11 Å². The Morgan fingerprint density at radius 2 is 1.14 bits per heavy atom. The van der Waals surface area contributed by atoms with E-state index in [9.17, 15) is 4.79 Å². The van der Waals surface area contributed by atoms with E-state index in [1.165, 1.54) is 0 Å². The van der Waals surface area contributed by atoms with Crippen LogP contribution in [0.3, 0.4) is 0 Å². The van der Waals surface area contributed by atoms with Crippen molar-refractivity contribution < 1.29 is 9.90 Å². The topological polar surface area (TPSA) is 37.3 Å². The second-order valence-electron chi connectivity index (χ2n) is 4.99. The van der Waals surface area contributed by atoms with E-state index in [2.05, 4.69) is 67.7 Å². The maximum Gasteiger partial charge on any atom is 0.303 e. The van der Waals surface area contributed by atoms with E-state index in [0.29, 0.717) is 0 Å². The number of allylic oxidation sites excluding steroid dienone is 10. The maximum atomic E-state index is 10.3. The van der Waals surface area contributed by atoms with Crippen LogP contribution in [-0.2, 0) is 4.79 Å². The molecule has 0 unspecified atom stereocenters. The van der Waals surface area contributed by atoms with Crippen molar-refractivity contribution in [1.82, 2.24) is 0 Å². The summed E-state index contributed by atoms with van der Waals surface area (Å²) in [5.74, 6) is -0.715. The molecule has 0 aromatic heterocycles. The molecule has 1 N–H and O–H groups in total. The highest BCUT2D eigenvalue weighted by atomic mass is 16.4. The van der Waals surface area contributed by atoms with Crippen LogP contribution >= 0.6 is 0 Å². The first kappa shape index (κ1) is 20.2. The second kappa shape index (κ2) is 17.2. The molecule has 0 aromatic rings. The van der Waals surface area contributed by atoms with Gasteiger partial charge < -0.3 is 5.11 Å². The summed E-state index contributed by atoms with van der Waals surface area (Å²) in [7, 11) is 0. The van der Waals surface area contributed by atoms with Gasteiger partial charge in [0, 0.05) is 6.42 Å². The van der Waals surface area contributed by atoms with Gasteiger partial charge >= 0.3 is 5.97 Å². The molecule has 0 saturated carbocycles. The van der Waals surface area contributed by atoms with Crippen LogP contribution in [-0.4, -0.2) is 11.1 Å². The SMILES string of the molecule is CC/C=C\C/C=C\C/C=C\C/C=C/C/C=C\CCCC(=O)O. The Kier molecular flexibility index (Phi) is 15.8. The fourth-order valence-electron chi connectivity index (χ4n) is 1.74. The molecular formula is C20H30O2. The fraction of sp³-hybridized carbons (Fsp3) is 0.450. The predicted octanol–water partition coefficient (Wildman–Crippen LogP) is 5.99. The predicted molar refractivity (Wildman–Crippen MR) is 95.9 cm³/mol. The average Bonchev–Trinajstić information content (AvgIpc) is 2.50. The zero-order valence-corrected chi connectivity index (χ0v) is 13.8. The van der Waals surface area contributed by atoms with Crippen LogP contribution in [0.15, 0.2) is 60.8 Å². The van der Waals surface area contributed by atoms with Gasteiger partial charge in [-0.3, -0.25) is 4.79 Å². The first-order valence-electron chi connectivity index (χ1n) is 8.24. The Balaban J connectivity index is 3.46. The second-order valence-corrected chi connectivity index (χ2v) is 4.99. The zero-order chi connectivity index (χ0) is 16.3. The largest absolute Gasteiger partial charge is 0.481 e. The van der Waals surface area contributed by atoms with E-state index >= 15 is 0 Å².